The Morgan fingerprint density at radius 2 is 1.33 bits per heavy atom. The van der Waals surface area contributed by atoms with Crippen molar-refractivity contribution in [3.8, 4) is 0 Å². The standard InChI is InChI=1S/C26H29N3O/c1-20-10-9-15-24(21(20)2)28-16-18-29(19-17-28)26(30)27-25(22-11-5-3-6-12-22)23-13-7-4-8-14-23/h3-15,25H,16-19H2,1-2H3,(H,27,30). The summed E-state index contributed by atoms with van der Waals surface area (Å²) in [5.41, 5.74) is 6.09. The van der Waals surface area contributed by atoms with Crippen LogP contribution in [0.25, 0.3) is 0 Å². The Hall–Kier alpha value is -3.27. The van der Waals surface area contributed by atoms with Gasteiger partial charge in [-0.05, 0) is 42.2 Å². The summed E-state index contributed by atoms with van der Waals surface area (Å²) >= 11 is 0. The number of rotatable bonds is 4. The number of anilines is 1. The second-order valence-electron chi connectivity index (χ2n) is 7.90. The van der Waals surface area contributed by atoms with Crippen molar-refractivity contribution in [3.63, 3.8) is 0 Å². The fourth-order valence-electron chi connectivity index (χ4n) is 4.09. The van der Waals surface area contributed by atoms with Crippen LogP contribution in [-0.2, 0) is 0 Å². The van der Waals surface area contributed by atoms with Crippen molar-refractivity contribution in [1.82, 2.24) is 10.2 Å². The highest BCUT2D eigenvalue weighted by Gasteiger charge is 2.25. The van der Waals surface area contributed by atoms with Crippen LogP contribution in [0.5, 0.6) is 0 Å². The van der Waals surface area contributed by atoms with E-state index in [-0.39, 0.29) is 12.1 Å². The fraction of sp³-hybridized carbons (Fsp3) is 0.269. The number of carbonyl (C=O) groups is 1. The van der Waals surface area contributed by atoms with E-state index in [0.717, 1.165) is 37.3 Å². The quantitative estimate of drug-likeness (QED) is 0.676. The van der Waals surface area contributed by atoms with Gasteiger partial charge in [-0.15, -0.1) is 0 Å². The van der Waals surface area contributed by atoms with E-state index < -0.39 is 0 Å². The Morgan fingerprint density at radius 3 is 1.90 bits per heavy atom. The van der Waals surface area contributed by atoms with Gasteiger partial charge in [-0.25, -0.2) is 4.79 Å². The van der Waals surface area contributed by atoms with Gasteiger partial charge in [0.2, 0.25) is 0 Å². The molecule has 154 valence electrons. The van der Waals surface area contributed by atoms with E-state index >= 15 is 0 Å². The van der Waals surface area contributed by atoms with Gasteiger partial charge >= 0.3 is 6.03 Å². The lowest BCUT2D eigenvalue weighted by atomic mass is 9.99. The lowest BCUT2D eigenvalue weighted by Gasteiger charge is -2.37. The maximum Gasteiger partial charge on any atom is 0.318 e. The van der Waals surface area contributed by atoms with Crippen LogP contribution in [0.1, 0.15) is 28.3 Å². The fourth-order valence-corrected chi connectivity index (χ4v) is 4.09. The molecule has 0 aromatic heterocycles. The number of hydrogen-bond donors (Lipinski definition) is 1. The molecular weight excluding hydrogens is 370 g/mol. The molecule has 0 spiro atoms. The van der Waals surface area contributed by atoms with E-state index in [1.54, 1.807) is 0 Å². The molecule has 1 heterocycles. The molecule has 3 aromatic rings. The predicted octanol–water partition coefficient (Wildman–Crippen LogP) is 4.92. The second-order valence-corrected chi connectivity index (χ2v) is 7.90. The molecule has 0 aliphatic carbocycles. The number of carbonyl (C=O) groups excluding carboxylic acids is 1. The van der Waals surface area contributed by atoms with E-state index in [1.807, 2.05) is 41.3 Å². The van der Waals surface area contributed by atoms with Gasteiger partial charge in [0, 0.05) is 31.9 Å². The van der Waals surface area contributed by atoms with Crippen LogP contribution in [0.2, 0.25) is 0 Å². The van der Waals surface area contributed by atoms with Crippen molar-refractivity contribution in [2.24, 2.45) is 0 Å². The molecule has 2 amide bonds. The van der Waals surface area contributed by atoms with Crippen LogP contribution in [0.4, 0.5) is 10.5 Å². The first-order valence-corrected chi connectivity index (χ1v) is 10.6. The number of aryl methyl sites for hydroxylation is 1. The molecule has 0 unspecified atom stereocenters. The molecule has 4 heteroatoms. The largest absolute Gasteiger partial charge is 0.368 e. The van der Waals surface area contributed by atoms with Crippen LogP contribution in [0.15, 0.2) is 78.9 Å². The van der Waals surface area contributed by atoms with Gasteiger partial charge in [0.25, 0.3) is 0 Å². The van der Waals surface area contributed by atoms with Gasteiger partial charge in [-0.1, -0.05) is 72.8 Å². The molecule has 1 N–H and O–H groups in total. The molecule has 0 atom stereocenters. The molecule has 3 aromatic carbocycles. The Labute approximate surface area is 179 Å². The lowest BCUT2D eigenvalue weighted by Crippen LogP contribution is -2.52. The Bertz CT molecular complexity index is 940. The van der Waals surface area contributed by atoms with Crippen molar-refractivity contribution in [2.75, 3.05) is 31.1 Å². The van der Waals surface area contributed by atoms with Gasteiger partial charge < -0.3 is 15.1 Å². The monoisotopic (exact) mass is 399 g/mol. The van der Waals surface area contributed by atoms with Crippen LogP contribution in [0.3, 0.4) is 0 Å². The van der Waals surface area contributed by atoms with Gasteiger partial charge in [0.15, 0.2) is 0 Å². The minimum absolute atomic E-state index is 0.00618. The zero-order valence-electron chi connectivity index (χ0n) is 17.7. The highest BCUT2D eigenvalue weighted by Crippen LogP contribution is 2.25. The van der Waals surface area contributed by atoms with Crippen molar-refractivity contribution in [1.29, 1.82) is 0 Å². The third kappa shape index (κ3) is 4.33. The average molecular weight is 400 g/mol. The van der Waals surface area contributed by atoms with E-state index in [2.05, 4.69) is 66.5 Å². The van der Waals surface area contributed by atoms with E-state index in [9.17, 15) is 4.79 Å². The molecule has 30 heavy (non-hydrogen) atoms. The molecule has 1 aliphatic rings. The number of nitrogens with zero attached hydrogens (tertiary/aromatic N) is 2. The molecule has 4 nitrogen and oxygen atoms in total. The number of nitrogens with one attached hydrogen (secondary N) is 1. The first-order valence-electron chi connectivity index (χ1n) is 10.6. The molecule has 0 radical (unpaired) electrons. The van der Waals surface area contributed by atoms with Crippen LogP contribution in [-0.4, -0.2) is 37.1 Å². The van der Waals surface area contributed by atoms with E-state index in [0.29, 0.717) is 0 Å². The minimum atomic E-state index is -0.156. The van der Waals surface area contributed by atoms with Gasteiger partial charge in [-0.3, -0.25) is 0 Å². The smallest absolute Gasteiger partial charge is 0.318 e. The van der Waals surface area contributed by atoms with Crippen LogP contribution in [0, 0.1) is 13.8 Å². The number of urea groups is 1. The van der Waals surface area contributed by atoms with Crippen molar-refractivity contribution < 1.29 is 4.79 Å². The summed E-state index contributed by atoms with van der Waals surface area (Å²) in [6.45, 7) is 7.45. The van der Waals surface area contributed by atoms with E-state index in [4.69, 9.17) is 0 Å². The average Bonchev–Trinajstić information content (AvgIpc) is 2.80. The Kier molecular flexibility index (Phi) is 6.03. The summed E-state index contributed by atoms with van der Waals surface area (Å²) in [7, 11) is 0. The highest BCUT2D eigenvalue weighted by atomic mass is 16.2. The summed E-state index contributed by atoms with van der Waals surface area (Å²) in [6, 6.07) is 26.6. The normalized spacial score (nSPS) is 14.1. The minimum Gasteiger partial charge on any atom is -0.368 e. The topological polar surface area (TPSA) is 35.6 Å². The summed E-state index contributed by atoms with van der Waals surface area (Å²) in [4.78, 5) is 17.4. The maximum atomic E-state index is 13.1. The lowest BCUT2D eigenvalue weighted by molar-refractivity contribution is 0.192. The van der Waals surface area contributed by atoms with Gasteiger partial charge in [0.1, 0.15) is 0 Å². The summed E-state index contributed by atoms with van der Waals surface area (Å²) < 4.78 is 0. The number of piperazine rings is 1. The van der Waals surface area contributed by atoms with Gasteiger partial charge in [0.05, 0.1) is 6.04 Å². The highest BCUT2D eigenvalue weighted by molar-refractivity contribution is 5.76. The maximum absolute atomic E-state index is 13.1. The van der Waals surface area contributed by atoms with Crippen LogP contribution >= 0.6 is 0 Å². The van der Waals surface area contributed by atoms with Gasteiger partial charge in [-0.2, -0.15) is 0 Å². The molecule has 1 fully saturated rings. The number of hydrogen-bond acceptors (Lipinski definition) is 2. The van der Waals surface area contributed by atoms with Crippen molar-refractivity contribution in [3.05, 3.63) is 101 Å². The number of amides is 2. The molecule has 0 bridgehead atoms. The van der Waals surface area contributed by atoms with Crippen LogP contribution < -0.4 is 10.2 Å². The van der Waals surface area contributed by atoms with Crippen molar-refractivity contribution >= 4 is 11.7 Å². The van der Waals surface area contributed by atoms with E-state index in [1.165, 1.54) is 16.8 Å². The Balaban J connectivity index is 1.45. The molecule has 0 saturated carbocycles. The third-order valence-corrected chi connectivity index (χ3v) is 6.02. The third-order valence-electron chi connectivity index (χ3n) is 6.02. The summed E-state index contributed by atoms with van der Waals surface area (Å²) in [5, 5.41) is 3.26. The molecule has 1 aliphatic heterocycles. The zero-order valence-corrected chi connectivity index (χ0v) is 17.7. The first kappa shape index (κ1) is 20.0. The van der Waals surface area contributed by atoms with Crippen molar-refractivity contribution in [2.45, 2.75) is 19.9 Å². The summed E-state index contributed by atoms with van der Waals surface area (Å²) in [5.74, 6) is 0. The number of benzene rings is 3. The summed E-state index contributed by atoms with van der Waals surface area (Å²) in [6.07, 6.45) is 0. The predicted molar refractivity (Wildman–Crippen MR) is 123 cm³/mol. The SMILES string of the molecule is Cc1cccc(N2CCN(C(=O)NC(c3ccccc3)c3ccccc3)CC2)c1C. The zero-order chi connectivity index (χ0) is 20.9. The second kappa shape index (κ2) is 9.04. The Morgan fingerprint density at radius 1 is 0.767 bits per heavy atom. The molecule has 1 saturated heterocycles. The molecular formula is C26H29N3O. The molecule has 4 rings (SSSR count). The first-order chi connectivity index (χ1) is 14.6.